The molecule has 0 bridgehead atoms. The summed E-state index contributed by atoms with van der Waals surface area (Å²) in [5.41, 5.74) is 2.83. The number of para-hydroxylation sites is 1. The molecule has 0 aliphatic heterocycles. The molecule has 2 N–H and O–H groups in total. The van der Waals surface area contributed by atoms with E-state index in [1.54, 1.807) is 12.1 Å². The highest BCUT2D eigenvalue weighted by atomic mass is 19.1. The van der Waals surface area contributed by atoms with E-state index >= 15 is 0 Å². The Balaban J connectivity index is 1.98. The maximum Gasteiger partial charge on any atom is 0.123 e. The van der Waals surface area contributed by atoms with Gasteiger partial charge in [-0.05, 0) is 36.2 Å². The van der Waals surface area contributed by atoms with Gasteiger partial charge < -0.3 is 10.4 Å². The van der Waals surface area contributed by atoms with Crippen molar-refractivity contribution >= 4 is 5.69 Å². The second-order valence-corrected chi connectivity index (χ2v) is 4.26. The predicted octanol–water partition coefficient (Wildman–Crippen LogP) is 3.28. The van der Waals surface area contributed by atoms with Crippen LogP contribution in [0.5, 0.6) is 0 Å². The molecule has 0 fully saturated rings. The Bertz CT molecular complexity index is 510. The lowest BCUT2D eigenvalue weighted by molar-refractivity contribution is 0.191. The number of anilines is 1. The third-order valence-electron chi connectivity index (χ3n) is 2.89. The summed E-state index contributed by atoms with van der Waals surface area (Å²) in [6.07, 6.45) is -0.648. The van der Waals surface area contributed by atoms with Crippen molar-refractivity contribution in [2.45, 2.75) is 13.0 Å². The highest BCUT2D eigenvalue weighted by Crippen LogP contribution is 2.17. The van der Waals surface area contributed by atoms with Gasteiger partial charge in [0, 0.05) is 12.2 Å². The molecule has 0 saturated heterocycles. The summed E-state index contributed by atoms with van der Waals surface area (Å²) in [7, 11) is 0. The third-order valence-corrected chi connectivity index (χ3v) is 2.89. The van der Waals surface area contributed by atoms with E-state index in [2.05, 4.69) is 5.32 Å². The Kier molecular flexibility index (Phi) is 3.95. The third kappa shape index (κ3) is 3.08. The van der Waals surface area contributed by atoms with Gasteiger partial charge in [0.05, 0.1) is 6.10 Å². The van der Waals surface area contributed by atoms with Crippen LogP contribution in [0, 0.1) is 12.7 Å². The van der Waals surface area contributed by atoms with E-state index in [1.165, 1.54) is 12.1 Å². The van der Waals surface area contributed by atoms with E-state index in [4.69, 9.17) is 0 Å². The highest BCUT2D eigenvalue weighted by Gasteiger charge is 2.07. The molecular formula is C15H16FNO. The molecule has 94 valence electrons. The summed E-state index contributed by atoms with van der Waals surface area (Å²) < 4.78 is 12.8. The molecule has 2 rings (SSSR count). The standard InChI is InChI=1S/C15H16FNO/c1-11-4-2-3-5-14(11)17-10-15(18)12-6-8-13(16)9-7-12/h2-9,15,17-18H,10H2,1H3. The minimum atomic E-state index is -0.648. The number of benzene rings is 2. The molecule has 0 aromatic heterocycles. The normalized spacial score (nSPS) is 12.2. The monoisotopic (exact) mass is 245 g/mol. The van der Waals surface area contributed by atoms with Crippen molar-refractivity contribution in [3.05, 3.63) is 65.5 Å². The molecule has 1 atom stereocenters. The van der Waals surface area contributed by atoms with Crippen LogP contribution in [0.4, 0.5) is 10.1 Å². The van der Waals surface area contributed by atoms with Crippen LogP contribution >= 0.6 is 0 Å². The fourth-order valence-electron chi connectivity index (χ4n) is 1.78. The molecule has 0 amide bonds. The molecule has 1 unspecified atom stereocenters. The van der Waals surface area contributed by atoms with E-state index in [0.717, 1.165) is 11.3 Å². The van der Waals surface area contributed by atoms with Crippen molar-refractivity contribution in [3.63, 3.8) is 0 Å². The van der Waals surface area contributed by atoms with Gasteiger partial charge in [0.2, 0.25) is 0 Å². The SMILES string of the molecule is Cc1ccccc1NCC(O)c1ccc(F)cc1. The molecule has 2 aromatic carbocycles. The molecule has 0 radical (unpaired) electrons. The lowest BCUT2D eigenvalue weighted by atomic mass is 10.1. The van der Waals surface area contributed by atoms with Crippen LogP contribution in [-0.2, 0) is 0 Å². The Morgan fingerprint density at radius 3 is 2.44 bits per heavy atom. The molecular weight excluding hydrogens is 229 g/mol. The van der Waals surface area contributed by atoms with Gasteiger partial charge in [-0.1, -0.05) is 30.3 Å². The average Bonchev–Trinajstić information content (AvgIpc) is 2.38. The van der Waals surface area contributed by atoms with Crippen LogP contribution < -0.4 is 5.32 Å². The van der Waals surface area contributed by atoms with Crippen molar-refractivity contribution in [3.8, 4) is 0 Å². The number of aliphatic hydroxyl groups is 1. The highest BCUT2D eigenvalue weighted by molar-refractivity contribution is 5.50. The number of hydrogen-bond donors (Lipinski definition) is 2. The summed E-state index contributed by atoms with van der Waals surface area (Å²) >= 11 is 0. The maximum atomic E-state index is 12.8. The zero-order valence-electron chi connectivity index (χ0n) is 10.2. The van der Waals surface area contributed by atoms with Crippen molar-refractivity contribution < 1.29 is 9.50 Å². The minimum Gasteiger partial charge on any atom is -0.387 e. The minimum absolute atomic E-state index is 0.294. The lowest BCUT2D eigenvalue weighted by Gasteiger charge is -2.14. The summed E-state index contributed by atoms with van der Waals surface area (Å²) in [6.45, 7) is 2.41. The topological polar surface area (TPSA) is 32.3 Å². The summed E-state index contributed by atoms with van der Waals surface area (Å²) in [4.78, 5) is 0. The number of aliphatic hydroxyl groups excluding tert-OH is 1. The predicted molar refractivity (Wildman–Crippen MR) is 71.0 cm³/mol. The number of hydrogen-bond acceptors (Lipinski definition) is 2. The Morgan fingerprint density at radius 2 is 1.78 bits per heavy atom. The zero-order valence-corrected chi connectivity index (χ0v) is 10.2. The second kappa shape index (κ2) is 5.65. The largest absolute Gasteiger partial charge is 0.387 e. The van der Waals surface area contributed by atoms with Gasteiger partial charge >= 0.3 is 0 Å². The van der Waals surface area contributed by atoms with Crippen LogP contribution in [0.3, 0.4) is 0 Å². The van der Waals surface area contributed by atoms with Gasteiger partial charge in [0.15, 0.2) is 0 Å². The van der Waals surface area contributed by atoms with E-state index in [0.29, 0.717) is 12.1 Å². The summed E-state index contributed by atoms with van der Waals surface area (Å²) in [6, 6.07) is 13.8. The van der Waals surface area contributed by atoms with Gasteiger partial charge in [-0.2, -0.15) is 0 Å². The zero-order chi connectivity index (χ0) is 13.0. The Morgan fingerprint density at radius 1 is 1.11 bits per heavy atom. The van der Waals surface area contributed by atoms with Crippen LogP contribution in [0.15, 0.2) is 48.5 Å². The van der Waals surface area contributed by atoms with E-state index in [1.807, 2.05) is 31.2 Å². The summed E-state index contributed by atoms with van der Waals surface area (Å²) in [5, 5.41) is 13.2. The van der Waals surface area contributed by atoms with Gasteiger partial charge in [0.25, 0.3) is 0 Å². The molecule has 0 aliphatic carbocycles. The number of aryl methyl sites for hydroxylation is 1. The molecule has 2 aromatic rings. The van der Waals surface area contributed by atoms with E-state index in [9.17, 15) is 9.50 Å². The number of nitrogens with one attached hydrogen (secondary N) is 1. The van der Waals surface area contributed by atoms with Gasteiger partial charge in [-0.25, -0.2) is 4.39 Å². The molecule has 0 spiro atoms. The molecule has 2 nitrogen and oxygen atoms in total. The van der Waals surface area contributed by atoms with Crippen molar-refractivity contribution in [2.24, 2.45) is 0 Å². The fraction of sp³-hybridized carbons (Fsp3) is 0.200. The first-order valence-electron chi connectivity index (χ1n) is 5.90. The van der Waals surface area contributed by atoms with E-state index < -0.39 is 6.10 Å². The van der Waals surface area contributed by atoms with Gasteiger partial charge in [-0.15, -0.1) is 0 Å². The number of halogens is 1. The first kappa shape index (κ1) is 12.6. The van der Waals surface area contributed by atoms with E-state index in [-0.39, 0.29) is 5.82 Å². The number of rotatable bonds is 4. The first-order chi connectivity index (χ1) is 8.66. The Labute approximate surface area is 106 Å². The fourth-order valence-corrected chi connectivity index (χ4v) is 1.78. The van der Waals surface area contributed by atoms with Crippen molar-refractivity contribution in [1.82, 2.24) is 0 Å². The lowest BCUT2D eigenvalue weighted by Crippen LogP contribution is -2.12. The smallest absolute Gasteiger partial charge is 0.123 e. The van der Waals surface area contributed by atoms with Gasteiger partial charge in [0.1, 0.15) is 5.82 Å². The van der Waals surface area contributed by atoms with Gasteiger partial charge in [-0.3, -0.25) is 0 Å². The maximum absolute atomic E-state index is 12.8. The molecule has 0 aliphatic rings. The van der Waals surface area contributed by atoms with Crippen LogP contribution in [0.1, 0.15) is 17.2 Å². The first-order valence-corrected chi connectivity index (χ1v) is 5.90. The van der Waals surface area contributed by atoms with Crippen molar-refractivity contribution in [1.29, 1.82) is 0 Å². The van der Waals surface area contributed by atoms with Crippen LogP contribution in [0.2, 0.25) is 0 Å². The Hall–Kier alpha value is -1.87. The molecule has 0 saturated carbocycles. The second-order valence-electron chi connectivity index (χ2n) is 4.26. The summed E-state index contributed by atoms with van der Waals surface area (Å²) in [5.74, 6) is -0.294. The van der Waals surface area contributed by atoms with Crippen molar-refractivity contribution in [2.75, 3.05) is 11.9 Å². The molecule has 18 heavy (non-hydrogen) atoms. The molecule has 3 heteroatoms. The van der Waals surface area contributed by atoms with Crippen LogP contribution in [-0.4, -0.2) is 11.7 Å². The quantitative estimate of drug-likeness (QED) is 0.866. The molecule has 0 heterocycles. The van der Waals surface area contributed by atoms with Crippen LogP contribution in [0.25, 0.3) is 0 Å². The average molecular weight is 245 g/mol.